The number of para-hydroxylation sites is 1. The SMILES string of the molecule is Clc1ccc(C(Cl)Cc2nc3ccccc3s2)cc1Br. The Kier molecular flexibility index (Phi) is 4.32. The molecule has 0 bridgehead atoms. The van der Waals surface area contributed by atoms with Crippen LogP contribution < -0.4 is 0 Å². The molecule has 0 saturated heterocycles. The lowest BCUT2D eigenvalue weighted by Gasteiger charge is -2.09. The Labute approximate surface area is 139 Å². The minimum absolute atomic E-state index is 0.107. The van der Waals surface area contributed by atoms with Crippen molar-refractivity contribution in [3.63, 3.8) is 0 Å². The van der Waals surface area contributed by atoms with Crippen LogP contribution >= 0.6 is 50.5 Å². The van der Waals surface area contributed by atoms with Gasteiger partial charge in [-0.1, -0.05) is 29.8 Å². The van der Waals surface area contributed by atoms with E-state index in [0.717, 1.165) is 27.0 Å². The second kappa shape index (κ2) is 6.02. The van der Waals surface area contributed by atoms with Crippen LogP contribution in [0.25, 0.3) is 10.2 Å². The normalized spacial score (nSPS) is 12.8. The third kappa shape index (κ3) is 3.01. The standard InChI is InChI=1S/C15H10BrCl2NS/c16-10-7-9(5-6-11(10)17)12(18)8-15-19-13-3-1-2-4-14(13)20-15/h1-7,12H,8H2. The molecule has 0 fully saturated rings. The predicted octanol–water partition coefficient (Wildman–Crippen LogP) is 6.23. The molecule has 1 aromatic heterocycles. The van der Waals surface area contributed by atoms with Gasteiger partial charge in [-0.05, 0) is 45.8 Å². The van der Waals surface area contributed by atoms with Crippen LogP contribution in [0.15, 0.2) is 46.9 Å². The molecule has 0 saturated carbocycles. The second-order valence-corrected chi connectivity index (χ2v) is 7.32. The Bertz CT molecular complexity index is 723. The maximum atomic E-state index is 6.50. The van der Waals surface area contributed by atoms with E-state index >= 15 is 0 Å². The fourth-order valence-corrected chi connectivity index (χ4v) is 3.89. The number of benzene rings is 2. The lowest BCUT2D eigenvalue weighted by molar-refractivity contribution is 0.910. The molecule has 1 unspecified atom stereocenters. The zero-order valence-corrected chi connectivity index (χ0v) is 14.2. The van der Waals surface area contributed by atoms with E-state index in [1.165, 1.54) is 4.70 Å². The number of thiazole rings is 1. The van der Waals surface area contributed by atoms with Crippen LogP contribution in [0.4, 0.5) is 0 Å². The van der Waals surface area contributed by atoms with Crippen molar-refractivity contribution < 1.29 is 0 Å². The summed E-state index contributed by atoms with van der Waals surface area (Å²) >= 11 is 17.6. The molecule has 5 heteroatoms. The Morgan fingerprint density at radius 1 is 1.20 bits per heavy atom. The van der Waals surface area contributed by atoms with Gasteiger partial charge >= 0.3 is 0 Å². The number of hydrogen-bond donors (Lipinski definition) is 0. The van der Waals surface area contributed by atoms with Gasteiger partial charge in [-0.3, -0.25) is 0 Å². The molecule has 0 radical (unpaired) electrons. The van der Waals surface area contributed by atoms with Gasteiger partial charge in [-0.15, -0.1) is 22.9 Å². The lowest BCUT2D eigenvalue weighted by Crippen LogP contribution is -1.95. The molecule has 0 spiro atoms. The van der Waals surface area contributed by atoms with E-state index in [2.05, 4.69) is 27.0 Å². The highest BCUT2D eigenvalue weighted by Crippen LogP contribution is 2.32. The molecule has 3 aromatic rings. The fraction of sp³-hybridized carbons (Fsp3) is 0.133. The molecule has 20 heavy (non-hydrogen) atoms. The van der Waals surface area contributed by atoms with E-state index < -0.39 is 0 Å². The van der Waals surface area contributed by atoms with Crippen molar-refractivity contribution in [1.82, 2.24) is 4.98 Å². The molecule has 102 valence electrons. The van der Waals surface area contributed by atoms with Crippen molar-refractivity contribution in [2.45, 2.75) is 11.8 Å². The van der Waals surface area contributed by atoms with E-state index in [9.17, 15) is 0 Å². The van der Waals surface area contributed by atoms with E-state index in [1.807, 2.05) is 36.4 Å². The van der Waals surface area contributed by atoms with Crippen LogP contribution in [0, 0.1) is 0 Å². The molecule has 0 amide bonds. The van der Waals surface area contributed by atoms with Gasteiger partial charge in [0, 0.05) is 10.9 Å². The maximum Gasteiger partial charge on any atom is 0.0956 e. The number of rotatable bonds is 3. The van der Waals surface area contributed by atoms with Crippen molar-refractivity contribution >= 4 is 60.7 Å². The average Bonchev–Trinajstić information content (AvgIpc) is 2.83. The number of fused-ring (bicyclic) bond motifs is 1. The minimum Gasteiger partial charge on any atom is -0.241 e. The molecule has 0 aliphatic carbocycles. The summed E-state index contributed by atoms with van der Waals surface area (Å²) in [7, 11) is 0. The van der Waals surface area contributed by atoms with Gasteiger partial charge in [-0.25, -0.2) is 4.98 Å². The number of halogens is 3. The molecular weight excluding hydrogens is 377 g/mol. The smallest absolute Gasteiger partial charge is 0.0956 e. The fourth-order valence-electron chi connectivity index (χ4n) is 1.99. The zero-order valence-electron chi connectivity index (χ0n) is 10.3. The van der Waals surface area contributed by atoms with E-state index in [0.29, 0.717) is 5.02 Å². The first-order valence-electron chi connectivity index (χ1n) is 6.07. The van der Waals surface area contributed by atoms with Crippen molar-refractivity contribution in [1.29, 1.82) is 0 Å². The third-order valence-corrected chi connectivity index (χ3v) is 5.68. The van der Waals surface area contributed by atoms with Crippen LogP contribution in [-0.4, -0.2) is 4.98 Å². The summed E-state index contributed by atoms with van der Waals surface area (Å²) in [4.78, 5) is 4.61. The van der Waals surface area contributed by atoms with Crippen molar-refractivity contribution in [2.75, 3.05) is 0 Å². The van der Waals surface area contributed by atoms with Gasteiger partial charge in [0.1, 0.15) is 0 Å². The zero-order chi connectivity index (χ0) is 14.1. The summed E-state index contributed by atoms with van der Waals surface area (Å²) in [6.45, 7) is 0. The summed E-state index contributed by atoms with van der Waals surface area (Å²) in [5, 5.41) is 1.64. The molecule has 3 rings (SSSR count). The first-order chi connectivity index (χ1) is 9.63. The van der Waals surface area contributed by atoms with Crippen molar-refractivity contribution in [3.8, 4) is 0 Å². The number of alkyl halides is 1. The Hall–Kier alpha value is -0.610. The molecule has 2 aromatic carbocycles. The van der Waals surface area contributed by atoms with Gasteiger partial charge in [0.2, 0.25) is 0 Å². The molecule has 1 heterocycles. The largest absolute Gasteiger partial charge is 0.241 e. The molecule has 0 aliphatic heterocycles. The highest BCUT2D eigenvalue weighted by Gasteiger charge is 2.13. The first kappa shape index (κ1) is 14.3. The Balaban J connectivity index is 1.84. The highest BCUT2D eigenvalue weighted by atomic mass is 79.9. The van der Waals surface area contributed by atoms with Crippen LogP contribution in [-0.2, 0) is 6.42 Å². The predicted molar refractivity (Wildman–Crippen MR) is 91.1 cm³/mol. The third-order valence-electron chi connectivity index (χ3n) is 3.00. The number of aromatic nitrogens is 1. The van der Waals surface area contributed by atoms with E-state index in [4.69, 9.17) is 23.2 Å². The average molecular weight is 387 g/mol. The van der Waals surface area contributed by atoms with Crippen LogP contribution in [0.3, 0.4) is 0 Å². The summed E-state index contributed by atoms with van der Waals surface area (Å²) in [6, 6.07) is 13.9. The lowest BCUT2D eigenvalue weighted by atomic mass is 10.1. The second-order valence-electron chi connectivity index (χ2n) is 4.42. The summed E-state index contributed by atoms with van der Waals surface area (Å²) in [5.74, 6) is 0. The Morgan fingerprint density at radius 2 is 2.00 bits per heavy atom. The Morgan fingerprint density at radius 3 is 2.75 bits per heavy atom. The van der Waals surface area contributed by atoms with Gasteiger partial charge in [-0.2, -0.15) is 0 Å². The van der Waals surface area contributed by atoms with Crippen molar-refractivity contribution in [2.24, 2.45) is 0 Å². The molecule has 0 aliphatic rings. The number of nitrogens with zero attached hydrogens (tertiary/aromatic N) is 1. The number of hydrogen-bond acceptors (Lipinski definition) is 2. The van der Waals surface area contributed by atoms with Gasteiger partial charge < -0.3 is 0 Å². The monoisotopic (exact) mass is 385 g/mol. The summed E-state index contributed by atoms with van der Waals surface area (Å²) < 4.78 is 2.07. The van der Waals surface area contributed by atoms with Gasteiger partial charge in [0.15, 0.2) is 0 Å². The molecule has 1 atom stereocenters. The molecule has 1 nitrogen and oxygen atoms in total. The topological polar surface area (TPSA) is 12.9 Å². The first-order valence-corrected chi connectivity index (χ1v) is 8.49. The molecular formula is C15H10BrCl2NS. The van der Waals surface area contributed by atoms with Crippen LogP contribution in [0.1, 0.15) is 15.9 Å². The van der Waals surface area contributed by atoms with Crippen molar-refractivity contribution in [3.05, 3.63) is 62.5 Å². The molecule has 0 N–H and O–H groups in total. The summed E-state index contributed by atoms with van der Waals surface area (Å²) in [5.41, 5.74) is 2.08. The quantitative estimate of drug-likeness (QED) is 0.485. The summed E-state index contributed by atoms with van der Waals surface area (Å²) in [6.07, 6.45) is 0.717. The van der Waals surface area contributed by atoms with Gasteiger partial charge in [0.05, 0.1) is 25.6 Å². The van der Waals surface area contributed by atoms with E-state index in [-0.39, 0.29) is 5.38 Å². The van der Waals surface area contributed by atoms with Gasteiger partial charge in [0.25, 0.3) is 0 Å². The van der Waals surface area contributed by atoms with Crippen LogP contribution in [0.2, 0.25) is 5.02 Å². The minimum atomic E-state index is -0.107. The van der Waals surface area contributed by atoms with E-state index in [1.54, 1.807) is 11.3 Å². The maximum absolute atomic E-state index is 6.50. The highest BCUT2D eigenvalue weighted by molar-refractivity contribution is 9.10. The van der Waals surface area contributed by atoms with Crippen LogP contribution in [0.5, 0.6) is 0 Å².